The van der Waals surface area contributed by atoms with E-state index in [1.165, 1.54) is 11.3 Å². The van der Waals surface area contributed by atoms with Crippen molar-refractivity contribution in [1.29, 1.82) is 0 Å². The minimum absolute atomic E-state index is 0.00694. The molecule has 2 unspecified atom stereocenters. The van der Waals surface area contributed by atoms with Gasteiger partial charge in [0, 0.05) is 23.2 Å². The van der Waals surface area contributed by atoms with E-state index in [1.807, 2.05) is 54.6 Å². The number of carbonyl (C=O) groups excluding carboxylic acids is 1. The standard InChI is InChI=1S/C25H25NO5S2/c1-3-31-24(27)23-20-13-18(17-9-11-19(30-2)12-10-17)14-21(26-28)22(20)25(32-23)33(29)15-16-7-5-4-6-8-16/h4-12,18,28H,3,13-15H2,1-2H3/b26-21+. The molecule has 1 aliphatic rings. The summed E-state index contributed by atoms with van der Waals surface area (Å²) in [6.45, 7) is 2.00. The van der Waals surface area contributed by atoms with E-state index in [1.54, 1.807) is 14.0 Å². The molecule has 0 aliphatic heterocycles. The zero-order valence-corrected chi connectivity index (χ0v) is 20.1. The highest BCUT2D eigenvalue weighted by molar-refractivity contribution is 7.92. The Hall–Kier alpha value is -2.81. The van der Waals surface area contributed by atoms with Crippen LogP contribution < -0.4 is 4.74 Å². The monoisotopic (exact) mass is 483 g/mol. The molecule has 0 amide bonds. The van der Waals surface area contributed by atoms with Crippen molar-refractivity contribution in [1.82, 2.24) is 0 Å². The van der Waals surface area contributed by atoms with Crippen molar-refractivity contribution in [3.05, 3.63) is 81.7 Å². The third-order valence-corrected chi connectivity index (χ3v) is 8.70. The van der Waals surface area contributed by atoms with Crippen molar-refractivity contribution in [3.8, 4) is 5.75 Å². The third-order valence-electron chi connectivity index (χ3n) is 5.67. The average molecular weight is 484 g/mol. The summed E-state index contributed by atoms with van der Waals surface area (Å²) in [7, 11) is 1.62. The van der Waals surface area contributed by atoms with Gasteiger partial charge in [-0.2, -0.15) is 0 Å². The summed E-state index contributed by atoms with van der Waals surface area (Å²) in [6, 6.07) is 17.3. The van der Waals surface area contributed by atoms with E-state index in [-0.39, 0.29) is 12.5 Å². The van der Waals surface area contributed by atoms with Gasteiger partial charge in [-0.25, -0.2) is 4.79 Å². The first-order valence-corrected chi connectivity index (χ1v) is 12.8. The smallest absolute Gasteiger partial charge is 0.348 e. The van der Waals surface area contributed by atoms with E-state index in [2.05, 4.69) is 5.16 Å². The number of nitrogens with zero attached hydrogens (tertiary/aromatic N) is 1. The number of ether oxygens (including phenoxy) is 2. The van der Waals surface area contributed by atoms with Crippen LogP contribution in [0.25, 0.3) is 0 Å². The highest BCUT2D eigenvalue weighted by Gasteiger charge is 2.38. The van der Waals surface area contributed by atoms with Gasteiger partial charge in [0.15, 0.2) is 0 Å². The highest BCUT2D eigenvalue weighted by Crippen LogP contribution is 2.43. The summed E-state index contributed by atoms with van der Waals surface area (Å²) in [4.78, 5) is 13.2. The summed E-state index contributed by atoms with van der Waals surface area (Å²) in [6.07, 6.45) is 1.04. The molecular formula is C25H25NO5S2. The first-order valence-electron chi connectivity index (χ1n) is 10.7. The normalized spacial score (nSPS) is 17.4. The zero-order valence-electron chi connectivity index (χ0n) is 18.4. The maximum absolute atomic E-state index is 13.4. The Morgan fingerprint density at radius 1 is 1.18 bits per heavy atom. The van der Waals surface area contributed by atoms with Gasteiger partial charge >= 0.3 is 5.97 Å². The fourth-order valence-electron chi connectivity index (χ4n) is 4.10. The molecule has 0 spiro atoms. The topological polar surface area (TPSA) is 91.2 Å². The third kappa shape index (κ3) is 4.93. The lowest BCUT2D eigenvalue weighted by atomic mass is 9.80. The Morgan fingerprint density at radius 3 is 2.55 bits per heavy atom. The molecule has 1 N–H and O–H groups in total. The van der Waals surface area contributed by atoms with Crippen LogP contribution in [0, 0.1) is 0 Å². The Morgan fingerprint density at radius 2 is 1.91 bits per heavy atom. The van der Waals surface area contributed by atoms with Gasteiger partial charge in [-0.3, -0.25) is 0 Å². The number of thiophene rings is 1. The van der Waals surface area contributed by atoms with Gasteiger partial charge in [0.05, 0.1) is 25.0 Å². The number of esters is 1. The molecule has 33 heavy (non-hydrogen) atoms. The first-order chi connectivity index (χ1) is 16.0. The van der Waals surface area contributed by atoms with Crippen LogP contribution in [-0.4, -0.2) is 35.2 Å². The molecule has 1 aromatic heterocycles. The summed E-state index contributed by atoms with van der Waals surface area (Å²) < 4.78 is 24.5. The van der Waals surface area contributed by atoms with Crippen LogP contribution >= 0.6 is 11.3 Å². The maximum atomic E-state index is 13.4. The van der Waals surface area contributed by atoms with E-state index in [0.29, 0.717) is 39.0 Å². The zero-order chi connectivity index (χ0) is 23.4. The van der Waals surface area contributed by atoms with Crippen LogP contribution in [0.2, 0.25) is 0 Å². The lowest BCUT2D eigenvalue weighted by molar-refractivity contribution is 0.0530. The van der Waals surface area contributed by atoms with Crippen molar-refractivity contribution in [2.75, 3.05) is 13.7 Å². The summed E-state index contributed by atoms with van der Waals surface area (Å²) in [5.74, 6) is 0.644. The number of hydrogen-bond donors (Lipinski definition) is 1. The minimum atomic E-state index is -1.40. The Bertz CT molecular complexity index is 1140. The van der Waals surface area contributed by atoms with Crippen LogP contribution in [0.1, 0.15) is 51.2 Å². The first kappa shape index (κ1) is 23.4. The van der Waals surface area contributed by atoms with E-state index < -0.39 is 17.1 Å². The van der Waals surface area contributed by atoms with Crippen LogP contribution in [0.5, 0.6) is 5.75 Å². The molecule has 3 aromatic rings. The molecule has 2 atom stereocenters. The molecular weight excluding hydrogens is 458 g/mol. The molecule has 6 nitrogen and oxygen atoms in total. The van der Waals surface area contributed by atoms with Crippen LogP contribution in [-0.2, 0) is 28.1 Å². The second kappa shape index (κ2) is 10.4. The van der Waals surface area contributed by atoms with Crippen molar-refractivity contribution < 1.29 is 24.0 Å². The molecule has 0 saturated carbocycles. The van der Waals surface area contributed by atoms with Gasteiger partial charge in [0.1, 0.15) is 16.4 Å². The van der Waals surface area contributed by atoms with Gasteiger partial charge in [-0.15, -0.1) is 0 Å². The van der Waals surface area contributed by atoms with Gasteiger partial charge < -0.3 is 19.2 Å². The van der Waals surface area contributed by atoms with E-state index in [9.17, 15) is 14.6 Å². The maximum Gasteiger partial charge on any atom is 0.348 e. The lowest BCUT2D eigenvalue weighted by Gasteiger charge is -2.25. The number of oxime groups is 1. The number of rotatable bonds is 7. The van der Waals surface area contributed by atoms with Crippen molar-refractivity contribution in [2.24, 2.45) is 5.16 Å². The molecule has 8 heteroatoms. The summed E-state index contributed by atoms with van der Waals surface area (Å²) in [5.41, 5.74) is 3.81. The number of fused-ring (bicyclic) bond motifs is 1. The van der Waals surface area contributed by atoms with Crippen LogP contribution in [0.4, 0.5) is 0 Å². The fraction of sp³-hybridized carbons (Fsp3) is 0.280. The number of benzene rings is 2. The molecule has 4 rings (SSSR count). The Kier molecular flexibility index (Phi) is 7.37. The van der Waals surface area contributed by atoms with Crippen LogP contribution in [0.3, 0.4) is 0 Å². The number of methoxy groups -OCH3 is 1. The second-order valence-electron chi connectivity index (χ2n) is 7.69. The Labute approximate surface area is 200 Å². The van der Waals surface area contributed by atoms with Gasteiger partial charge in [0.2, 0.25) is 4.21 Å². The molecule has 0 bridgehead atoms. The SMILES string of the molecule is CCOC(=O)c1sc([S+]([O-])Cc2ccccc2)c2c1CC(c1ccc(OC)cc1)C/C2=N\O. The Balaban J connectivity index is 1.75. The summed E-state index contributed by atoms with van der Waals surface area (Å²) in [5, 5.41) is 13.5. The average Bonchev–Trinajstić information content (AvgIpc) is 3.24. The van der Waals surface area contributed by atoms with Crippen molar-refractivity contribution >= 4 is 34.2 Å². The predicted molar refractivity (Wildman–Crippen MR) is 129 cm³/mol. The molecule has 0 saturated heterocycles. The molecule has 0 radical (unpaired) electrons. The van der Waals surface area contributed by atoms with Gasteiger partial charge in [-0.05, 0) is 42.5 Å². The van der Waals surface area contributed by atoms with Gasteiger partial charge in [-0.1, -0.05) is 59.0 Å². The van der Waals surface area contributed by atoms with Gasteiger partial charge in [0.25, 0.3) is 0 Å². The highest BCUT2D eigenvalue weighted by atomic mass is 32.2. The van der Waals surface area contributed by atoms with Crippen LogP contribution in [0.15, 0.2) is 64.0 Å². The summed E-state index contributed by atoms with van der Waals surface area (Å²) >= 11 is -0.217. The molecule has 2 aromatic carbocycles. The fourth-order valence-corrected chi connectivity index (χ4v) is 6.97. The van der Waals surface area contributed by atoms with Crippen molar-refractivity contribution in [2.45, 2.75) is 35.6 Å². The van der Waals surface area contributed by atoms with E-state index in [4.69, 9.17) is 9.47 Å². The van der Waals surface area contributed by atoms with E-state index >= 15 is 0 Å². The van der Waals surface area contributed by atoms with Crippen molar-refractivity contribution in [3.63, 3.8) is 0 Å². The number of hydrogen-bond acceptors (Lipinski definition) is 7. The molecule has 0 fully saturated rings. The molecule has 1 heterocycles. The predicted octanol–water partition coefficient (Wildman–Crippen LogP) is 5.15. The minimum Gasteiger partial charge on any atom is -0.611 e. The van der Waals surface area contributed by atoms with E-state index in [0.717, 1.165) is 22.4 Å². The largest absolute Gasteiger partial charge is 0.611 e. The quantitative estimate of drug-likeness (QED) is 0.217. The second-order valence-corrected chi connectivity index (χ2v) is 10.4. The number of carbonyl (C=O) groups is 1. The molecule has 172 valence electrons. The lowest BCUT2D eigenvalue weighted by Crippen LogP contribution is -2.22. The molecule has 1 aliphatic carbocycles.